The maximum absolute atomic E-state index is 10.5. The van der Waals surface area contributed by atoms with Gasteiger partial charge in [-0.15, -0.1) is 0 Å². The van der Waals surface area contributed by atoms with E-state index < -0.39 is 16.6 Å². The van der Waals surface area contributed by atoms with Crippen LogP contribution in [0, 0.1) is 10.1 Å². The Morgan fingerprint density at radius 1 is 1.38 bits per heavy atom. The summed E-state index contributed by atoms with van der Waals surface area (Å²) >= 11 is 0. The SMILES string of the molecule is O=C(O)C(=CCCc1ccccc1)[N+](=O)[O-]. The predicted octanol–water partition coefficient (Wildman–Crippen LogP) is 1.86. The summed E-state index contributed by atoms with van der Waals surface area (Å²) in [5.74, 6) is -1.50. The van der Waals surface area contributed by atoms with Crippen molar-refractivity contribution in [2.75, 3.05) is 0 Å². The van der Waals surface area contributed by atoms with E-state index in [1.54, 1.807) is 0 Å². The van der Waals surface area contributed by atoms with Crippen molar-refractivity contribution in [3.8, 4) is 0 Å². The molecular weight excluding hydrogens is 210 g/mol. The lowest BCUT2D eigenvalue weighted by Crippen LogP contribution is -2.10. The summed E-state index contributed by atoms with van der Waals surface area (Å²) in [6.07, 6.45) is 2.06. The van der Waals surface area contributed by atoms with Crippen molar-refractivity contribution >= 4 is 5.97 Å². The van der Waals surface area contributed by atoms with Gasteiger partial charge in [-0.05, 0) is 18.4 Å². The van der Waals surface area contributed by atoms with Gasteiger partial charge in [-0.2, -0.15) is 0 Å². The fraction of sp³-hybridized carbons (Fsp3) is 0.182. The molecule has 0 aliphatic rings. The second kappa shape index (κ2) is 5.65. The Morgan fingerprint density at radius 3 is 2.50 bits per heavy atom. The van der Waals surface area contributed by atoms with Crippen LogP contribution in [0.15, 0.2) is 42.1 Å². The quantitative estimate of drug-likeness (QED) is 0.467. The van der Waals surface area contributed by atoms with Crippen LogP contribution >= 0.6 is 0 Å². The Bertz CT molecular complexity index is 395. The van der Waals surface area contributed by atoms with Gasteiger partial charge < -0.3 is 5.11 Å². The first-order valence-electron chi connectivity index (χ1n) is 4.73. The highest BCUT2D eigenvalue weighted by Gasteiger charge is 2.19. The average Bonchev–Trinajstić information content (AvgIpc) is 2.24. The van der Waals surface area contributed by atoms with Crippen molar-refractivity contribution in [3.05, 3.63) is 57.8 Å². The summed E-state index contributed by atoms with van der Waals surface area (Å²) in [6.45, 7) is 0. The topological polar surface area (TPSA) is 80.4 Å². The van der Waals surface area contributed by atoms with Gasteiger partial charge in [-0.3, -0.25) is 10.1 Å². The van der Waals surface area contributed by atoms with Gasteiger partial charge in [0.05, 0.1) is 4.92 Å². The normalized spacial score (nSPS) is 11.1. The number of aryl methyl sites for hydroxylation is 1. The third kappa shape index (κ3) is 3.53. The summed E-state index contributed by atoms with van der Waals surface area (Å²) < 4.78 is 0. The van der Waals surface area contributed by atoms with Gasteiger partial charge in [-0.25, -0.2) is 4.79 Å². The Labute approximate surface area is 92.2 Å². The second-order valence-corrected chi connectivity index (χ2v) is 3.18. The number of nitrogens with zero attached hydrogens (tertiary/aromatic N) is 1. The Morgan fingerprint density at radius 2 is 2.00 bits per heavy atom. The number of benzene rings is 1. The van der Waals surface area contributed by atoms with Gasteiger partial charge in [0.2, 0.25) is 0 Å². The van der Waals surface area contributed by atoms with E-state index in [2.05, 4.69) is 0 Å². The Balaban J connectivity index is 2.59. The molecule has 1 rings (SSSR count). The summed E-state index contributed by atoms with van der Waals surface area (Å²) in [5, 5.41) is 18.9. The molecule has 0 aliphatic carbocycles. The number of carboxylic acid groups (broad SMARTS) is 1. The lowest BCUT2D eigenvalue weighted by molar-refractivity contribution is -0.421. The minimum absolute atomic E-state index is 0.340. The molecule has 1 aromatic carbocycles. The molecule has 84 valence electrons. The van der Waals surface area contributed by atoms with Crippen molar-refractivity contribution in [1.29, 1.82) is 0 Å². The standard InChI is InChI=1S/C11H11NO4/c13-11(14)10(12(15)16)8-4-7-9-5-2-1-3-6-9/h1-3,5-6,8H,4,7H2,(H,13,14). The zero-order valence-corrected chi connectivity index (χ0v) is 8.50. The van der Waals surface area contributed by atoms with Crippen LogP contribution in [-0.2, 0) is 11.2 Å². The van der Waals surface area contributed by atoms with E-state index in [0.717, 1.165) is 11.6 Å². The largest absolute Gasteiger partial charge is 0.473 e. The fourth-order valence-corrected chi connectivity index (χ4v) is 1.26. The van der Waals surface area contributed by atoms with E-state index in [0.29, 0.717) is 12.8 Å². The first-order chi connectivity index (χ1) is 7.61. The number of carboxylic acids is 1. The molecule has 5 heteroatoms. The van der Waals surface area contributed by atoms with Crippen molar-refractivity contribution in [1.82, 2.24) is 0 Å². The highest BCUT2D eigenvalue weighted by molar-refractivity contribution is 5.83. The van der Waals surface area contributed by atoms with Crippen LogP contribution in [0.3, 0.4) is 0 Å². The molecule has 0 aromatic heterocycles. The molecule has 0 radical (unpaired) electrons. The smallest absolute Gasteiger partial charge is 0.407 e. The zero-order valence-electron chi connectivity index (χ0n) is 8.50. The molecule has 16 heavy (non-hydrogen) atoms. The highest BCUT2D eigenvalue weighted by Crippen LogP contribution is 2.05. The van der Waals surface area contributed by atoms with Crippen molar-refractivity contribution in [3.63, 3.8) is 0 Å². The summed E-state index contributed by atoms with van der Waals surface area (Å²) in [5.41, 5.74) is 0.253. The van der Waals surface area contributed by atoms with E-state index in [1.807, 2.05) is 30.3 Å². The van der Waals surface area contributed by atoms with Crippen LogP contribution in [0.25, 0.3) is 0 Å². The van der Waals surface area contributed by atoms with Crippen molar-refractivity contribution in [2.45, 2.75) is 12.8 Å². The van der Waals surface area contributed by atoms with E-state index in [9.17, 15) is 14.9 Å². The van der Waals surface area contributed by atoms with Crippen LogP contribution < -0.4 is 0 Å². The van der Waals surface area contributed by atoms with Gasteiger partial charge in [0, 0.05) is 6.08 Å². The van der Waals surface area contributed by atoms with Gasteiger partial charge in [-0.1, -0.05) is 30.3 Å². The van der Waals surface area contributed by atoms with Crippen LogP contribution in [0.4, 0.5) is 0 Å². The zero-order chi connectivity index (χ0) is 12.0. The average molecular weight is 221 g/mol. The number of hydrogen-bond donors (Lipinski definition) is 1. The number of carbonyl (C=O) groups is 1. The number of aliphatic carboxylic acids is 1. The first-order valence-corrected chi connectivity index (χ1v) is 4.73. The van der Waals surface area contributed by atoms with E-state index in [4.69, 9.17) is 5.11 Å². The second-order valence-electron chi connectivity index (χ2n) is 3.18. The van der Waals surface area contributed by atoms with Crippen molar-refractivity contribution in [2.24, 2.45) is 0 Å². The summed E-state index contributed by atoms with van der Waals surface area (Å²) in [7, 11) is 0. The molecule has 0 heterocycles. The lowest BCUT2D eigenvalue weighted by atomic mass is 10.1. The molecule has 0 aliphatic heterocycles. The van der Waals surface area contributed by atoms with Crippen LogP contribution in [-0.4, -0.2) is 16.0 Å². The number of nitro groups is 1. The van der Waals surface area contributed by atoms with E-state index >= 15 is 0 Å². The molecule has 1 aromatic rings. The highest BCUT2D eigenvalue weighted by atomic mass is 16.6. The van der Waals surface area contributed by atoms with Gasteiger partial charge in [0.25, 0.3) is 0 Å². The summed E-state index contributed by atoms with van der Waals surface area (Å²) in [4.78, 5) is 19.9. The first kappa shape index (κ1) is 11.9. The maximum Gasteiger partial charge on any atom is 0.407 e. The summed E-state index contributed by atoms with van der Waals surface area (Å²) in [6, 6.07) is 9.38. The van der Waals surface area contributed by atoms with Gasteiger partial charge >= 0.3 is 11.7 Å². The van der Waals surface area contributed by atoms with Gasteiger partial charge in [0.1, 0.15) is 0 Å². The third-order valence-corrected chi connectivity index (χ3v) is 2.03. The third-order valence-electron chi connectivity index (χ3n) is 2.03. The molecule has 1 N–H and O–H groups in total. The van der Waals surface area contributed by atoms with Crippen LogP contribution in [0.1, 0.15) is 12.0 Å². The number of allylic oxidation sites excluding steroid dienone is 1. The Kier molecular flexibility index (Phi) is 4.20. The monoisotopic (exact) mass is 221 g/mol. The van der Waals surface area contributed by atoms with E-state index in [-0.39, 0.29) is 0 Å². The molecule has 0 fully saturated rings. The Hall–Kier alpha value is -2.17. The molecular formula is C11H11NO4. The molecule has 0 atom stereocenters. The maximum atomic E-state index is 10.5. The fourth-order valence-electron chi connectivity index (χ4n) is 1.26. The minimum Gasteiger partial charge on any atom is -0.473 e. The van der Waals surface area contributed by atoms with Crippen molar-refractivity contribution < 1.29 is 14.8 Å². The molecule has 0 amide bonds. The predicted molar refractivity (Wildman–Crippen MR) is 57.5 cm³/mol. The van der Waals surface area contributed by atoms with Crippen LogP contribution in [0.2, 0.25) is 0 Å². The van der Waals surface area contributed by atoms with Gasteiger partial charge in [0.15, 0.2) is 0 Å². The molecule has 0 saturated heterocycles. The van der Waals surface area contributed by atoms with Crippen LogP contribution in [0.5, 0.6) is 0 Å². The molecule has 0 saturated carbocycles. The molecule has 5 nitrogen and oxygen atoms in total. The molecule has 0 spiro atoms. The molecule has 0 unspecified atom stereocenters. The van der Waals surface area contributed by atoms with E-state index in [1.165, 1.54) is 0 Å². The number of rotatable bonds is 5. The molecule has 0 bridgehead atoms. The minimum atomic E-state index is -1.50. The lowest BCUT2D eigenvalue weighted by Gasteiger charge is -1.96. The number of hydrogen-bond acceptors (Lipinski definition) is 3.